The van der Waals surface area contributed by atoms with E-state index in [2.05, 4.69) is 10.3 Å². The first-order valence-electron chi connectivity index (χ1n) is 5.42. The summed E-state index contributed by atoms with van der Waals surface area (Å²) in [7, 11) is 1.78. The van der Waals surface area contributed by atoms with Gasteiger partial charge in [0.1, 0.15) is 0 Å². The molecule has 7 heteroatoms. The molecule has 0 saturated carbocycles. The smallest absolute Gasteiger partial charge is 0.274 e. The van der Waals surface area contributed by atoms with Crippen LogP contribution in [0.15, 0.2) is 30.5 Å². The summed E-state index contributed by atoms with van der Waals surface area (Å²) in [6, 6.07) is 1.76. The van der Waals surface area contributed by atoms with Crippen molar-refractivity contribution < 1.29 is 4.92 Å². The van der Waals surface area contributed by atoms with Crippen LogP contribution in [0.3, 0.4) is 0 Å². The van der Waals surface area contributed by atoms with Crippen molar-refractivity contribution in [3.05, 3.63) is 51.2 Å². The van der Waals surface area contributed by atoms with Gasteiger partial charge in [0.05, 0.1) is 9.95 Å². The molecule has 0 fully saturated rings. The second kappa shape index (κ2) is 6.80. The molecule has 0 amide bonds. The van der Waals surface area contributed by atoms with Crippen molar-refractivity contribution in [2.75, 3.05) is 13.6 Å². The summed E-state index contributed by atoms with van der Waals surface area (Å²) >= 11 is 5.81. The van der Waals surface area contributed by atoms with Crippen LogP contribution < -0.4 is 5.32 Å². The lowest BCUT2D eigenvalue weighted by Crippen LogP contribution is -2.29. The third-order valence-corrected chi connectivity index (χ3v) is 2.56. The summed E-state index contributed by atoms with van der Waals surface area (Å²) in [5, 5.41) is 14.1. The zero-order chi connectivity index (χ0) is 13.5. The molecule has 0 aliphatic rings. The monoisotopic (exact) mass is 270 g/mol. The number of hydrogen-bond donors (Lipinski definition) is 1. The molecule has 18 heavy (non-hydrogen) atoms. The number of nitrogens with one attached hydrogen (secondary N) is 1. The Morgan fingerprint density at radius 1 is 1.67 bits per heavy atom. The van der Waals surface area contributed by atoms with E-state index >= 15 is 0 Å². The highest BCUT2D eigenvalue weighted by Gasteiger charge is 2.07. The van der Waals surface area contributed by atoms with Gasteiger partial charge in [-0.05, 0) is 18.6 Å². The molecular formula is C11H15ClN4O2. The van der Waals surface area contributed by atoms with E-state index in [0.717, 1.165) is 11.8 Å². The lowest BCUT2D eigenvalue weighted by atomic mass is 10.3. The van der Waals surface area contributed by atoms with Crippen molar-refractivity contribution in [3.8, 4) is 0 Å². The Balaban J connectivity index is 2.71. The average Bonchev–Trinajstić information content (AvgIpc) is 2.33. The van der Waals surface area contributed by atoms with E-state index in [0.29, 0.717) is 23.9 Å². The molecule has 1 N–H and O–H groups in total. The Morgan fingerprint density at radius 3 is 2.94 bits per heavy atom. The van der Waals surface area contributed by atoms with Gasteiger partial charge in [0.2, 0.25) is 0 Å². The van der Waals surface area contributed by atoms with Gasteiger partial charge >= 0.3 is 0 Å². The van der Waals surface area contributed by atoms with Gasteiger partial charge in [-0.1, -0.05) is 11.6 Å². The molecule has 6 nitrogen and oxygen atoms in total. The zero-order valence-electron chi connectivity index (χ0n) is 10.3. The first-order valence-corrected chi connectivity index (χ1v) is 5.80. The molecule has 0 radical (unpaired) electrons. The molecule has 1 rings (SSSR count). The Bertz CT molecular complexity index is 450. The standard InChI is InChI=1S/C11H15ClN4O2/c1-3-15(2)11(8-16(17)18)14-6-9-4-10(12)7-13-5-9/h4-5,7-8,14H,3,6H2,1-2H3/b11-8+. The van der Waals surface area contributed by atoms with Crippen molar-refractivity contribution >= 4 is 11.6 Å². The molecule has 0 atom stereocenters. The predicted octanol–water partition coefficient (Wildman–Crippen LogP) is 1.85. The van der Waals surface area contributed by atoms with Gasteiger partial charge in [0, 0.05) is 32.5 Å². The summed E-state index contributed by atoms with van der Waals surface area (Å²) in [5.41, 5.74) is 0.862. The fourth-order valence-corrected chi connectivity index (χ4v) is 1.49. The predicted molar refractivity (Wildman–Crippen MR) is 69.5 cm³/mol. The molecule has 1 aromatic heterocycles. The molecule has 0 aliphatic carbocycles. The highest BCUT2D eigenvalue weighted by molar-refractivity contribution is 6.30. The molecule has 0 aliphatic heterocycles. The van der Waals surface area contributed by atoms with Gasteiger partial charge in [0.15, 0.2) is 5.82 Å². The fourth-order valence-electron chi connectivity index (χ4n) is 1.29. The number of aromatic nitrogens is 1. The van der Waals surface area contributed by atoms with Crippen molar-refractivity contribution in [1.82, 2.24) is 15.2 Å². The highest BCUT2D eigenvalue weighted by Crippen LogP contribution is 2.09. The Kier molecular flexibility index (Phi) is 5.38. The minimum Gasteiger partial charge on any atom is -0.362 e. The van der Waals surface area contributed by atoms with E-state index in [4.69, 9.17) is 11.6 Å². The van der Waals surface area contributed by atoms with Crippen molar-refractivity contribution in [1.29, 1.82) is 0 Å². The highest BCUT2D eigenvalue weighted by atomic mass is 35.5. The van der Waals surface area contributed by atoms with Gasteiger partial charge in [-0.25, -0.2) is 0 Å². The van der Waals surface area contributed by atoms with Gasteiger partial charge in [-0.15, -0.1) is 0 Å². The second-order valence-electron chi connectivity index (χ2n) is 3.68. The number of nitro groups is 1. The van der Waals surface area contributed by atoms with E-state index < -0.39 is 4.92 Å². The summed E-state index contributed by atoms with van der Waals surface area (Å²) in [6.45, 7) is 3.01. The van der Waals surface area contributed by atoms with E-state index in [1.165, 1.54) is 6.20 Å². The number of rotatable bonds is 6. The quantitative estimate of drug-likeness (QED) is 0.631. The largest absolute Gasteiger partial charge is 0.362 e. The van der Waals surface area contributed by atoms with Crippen molar-refractivity contribution in [2.24, 2.45) is 0 Å². The molecule has 0 bridgehead atoms. The van der Waals surface area contributed by atoms with Crippen LogP contribution in [0.5, 0.6) is 0 Å². The average molecular weight is 271 g/mol. The van der Waals surface area contributed by atoms with E-state index in [1.54, 1.807) is 24.2 Å². The van der Waals surface area contributed by atoms with E-state index in [-0.39, 0.29) is 0 Å². The first kappa shape index (κ1) is 14.2. The Hall–Kier alpha value is -1.82. The third-order valence-electron chi connectivity index (χ3n) is 2.35. The van der Waals surface area contributed by atoms with Crippen LogP contribution in [-0.2, 0) is 6.54 Å². The van der Waals surface area contributed by atoms with Crippen LogP contribution in [0.4, 0.5) is 0 Å². The van der Waals surface area contributed by atoms with Crippen LogP contribution in [0.1, 0.15) is 12.5 Å². The number of pyridine rings is 1. The second-order valence-corrected chi connectivity index (χ2v) is 4.12. The van der Waals surface area contributed by atoms with Crippen molar-refractivity contribution in [2.45, 2.75) is 13.5 Å². The maximum atomic E-state index is 10.5. The molecule has 0 aromatic carbocycles. The molecule has 0 saturated heterocycles. The van der Waals surface area contributed by atoms with E-state index in [1.807, 2.05) is 6.92 Å². The topological polar surface area (TPSA) is 71.3 Å². The Labute approximate surface area is 110 Å². The summed E-state index contributed by atoms with van der Waals surface area (Å²) in [5.74, 6) is 0.447. The molecular weight excluding hydrogens is 256 g/mol. The SMILES string of the molecule is CCN(C)/C(=C/[N+](=O)[O-])NCc1cncc(Cl)c1. The molecule has 0 unspecified atom stereocenters. The van der Waals surface area contributed by atoms with Crippen molar-refractivity contribution in [3.63, 3.8) is 0 Å². The summed E-state index contributed by atoms with van der Waals surface area (Å²) in [6.07, 6.45) is 4.15. The fraction of sp³-hybridized carbons (Fsp3) is 0.364. The third kappa shape index (κ3) is 4.58. The number of halogens is 1. The Morgan fingerprint density at radius 2 is 2.39 bits per heavy atom. The number of hydrogen-bond acceptors (Lipinski definition) is 5. The number of nitrogens with zero attached hydrogens (tertiary/aromatic N) is 3. The first-order chi connectivity index (χ1) is 8.52. The summed E-state index contributed by atoms with van der Waals surface area (Å²) < 4.78 is 0. The van der Waals surface area contributed by atoms with Gasteiger partial charge in [0.25, 0.3) is 6.20 Å². The van der Waals surface area contributed by atoms with Gasteiger partial charge in [-0.2, -0.15) is 0 Å². The minimum absolute atomic E-state index is 0.428. The maximum Gasteiger partial charge on any atom is 0.274 e. The zero-order valence-corrected chi connectivity index (χ0v) is 11.0. The molecule has 98 valence electrons. The molecule has 1 aromatic rings. The van der Waals surface area contributed by atoms with Gasteiger partial charge < -0.3 is 10.2 Å². The van der Waals surface area contributed by atoms with Crippen LogP contribution in [0.25, 0.3) is 0 Å². The maximum absolute atomic E-state index is 10.5. The van der Waals surface area contributed by atoms with Gasteiger partial charge in [-0.3, -0.25) is 15.1 Å². The molecule has 0 spiro atoms. The van der Waals surface area contributed by atoms with E-state index in [9.17, 15) is 10.1 Å². The van der Waals surface area contributed by atoms with Crippen LogP contribution in [-0.4, -0.2) is 28.4 Å². The lowest BCUT2D eigenvalue weighted by molar-refractivity contribution is -0.404. The lowest BCUT2D eigenvalue weighted by Gasteiger charge is -2.19. The van der Waals surface area contributed by atoms with Crippen LogP contribution >= 0.6 is 11.6 Å². The van der Waals surface area contributed by atoms with Crippen LogP contribution in [0, 0.1) is 10.1 Å². The minimum atomic E-state index is -0.481. The normalized spacial score (nSPS) is 11.2. The van der Waals surface area contributed by atoms with Crippen LogP contribution in [0.2, 0.25) is 5.02 Å². The molecule has 1 heterocycles. The summed E-state index contributed by atoms with van der Waals surface area (Å²) in [4.78, 5) is 15.7.